The number of halogens is 1. The summed E-state index contributed by atoms with van der Waals surface area (Å²) >= 11 is 0. The maximum Gasteiger partial charge on any atom is 0.192 e. The van der Waals surface area contributed by atoms with Gasteiger partial charge in [0.15, 0.2) is 17.5 Å². The van der Waals surface area contributed by atoms with E-state index < -0.39 is 0 Å². The van der Waals surface area contributed by atoms with Gasteiger partial charge >= 0.3 is 0 Å². The minimum Gasteiger partial charge on any atom is -0.493 e. The summed E-state index contributed by atoms with van der Waals surface area (Å²) in [7, 11) is 3.23. The van der Waals surface area contributed by atoms with Gasteiger partial charge in [-0.05, 0) is 13.0 Å². The molecule has 5 nitrogen and oxygen atoms in total. The van der Waals surface area contributed by atoms with Crippen LogP contribution in [0.1, 0.15) is 12.5 Å². The highest BCUT2D eigenvalue weighted by atomic mass is 127. The van der Waals surface area contributed by atoms with E-state index in [1.54, 1.807) is 14.2 Å². The molecule has 0 aromatic heterocycles. The first-order valence-corrected chi connectivity index (χ1v) is 6.42. The minimum absolute atomic E-state index is 0. The van der Waals surface area contributed by atoms with Crippen LogP contribution >= 0.6 is 24.0 Å². The van der Waals surface area contributed by atoms with Crippen LogP contribution in [-0.2, 0) is 6.54 Å². The van der Waals surface area contributed by atoms with Crippen LogP contribution in [0, 0.1) is 12.3 Å². The van der Waals surface area contributed by atoms with Crippen LogP contribution in [0.3, 0.4) is 0 Å². The molecule has 0 atom stereocenters. The fraction of sp³-hybridized carbons (Fsp3) is 0.400. The molecule has 0 aliphatic heterocycles. The van der Waals surface area contributed by atoms with E-state index in [2.05, 4.69) is 21.5 Å². The van der Waals surface area contributed by atoms with Crippen LogP contribution in [0.25, 0.3) is 0 Å². The number of nitrogens with zero attached hydrogens (tertiary/aromatic N) is 1. The predicted octanol–water partition coefficient (Wildman–Crippen LogP) is 2.01. The molecule has 0 unspecified atom stereocenters. The Bertz CT molecular complexity index is 498. The van der Waals surface area contributed by atoms with Gasteiger partial charge in [0.25, 0.3) is 0 Å². The van der Waals surface area contributed by atoms with Gasteiger partial charge in [-0.2, -0.15) is 0 Å². The molecule has 0 heterocycles. The molecule has 1 aromatic carbocycles. The van der Waals surface area contributed by atoms with E-state index in [9.17, 15) is 0 Å². The van der Waals surface area contributed by atoms with Crippen LogP contribution in [-0.4, -0.2) is 33.3 Å². The van der Waals surface area contributed by atoms with Crippen LogP contribution in [0.15, 0.2) is 23.2 Å². The number of nitrogens with one attached hydrogen (secondary N) is 2. The molecule has 2 N–H and O–H groups in total. The maximum absolute atomic E-state index is 5.37. The van der Waals surface area contributed by atoms with Gasteiger partial charge in [-0.3, -0.25) is 0 Å². The van der Waals surface area contributed by atoms with Crippen molar-refractivity contribution < 1.29 is 9.47 Å². The Morgan fingerprint density at radius 2 is 2.05 bits per heavy atom. The number of ether oxygens (including phenoxy) is 2. The lowest BCUT2D eigenvalue weighted by Crippen LogP contribution is -2.37. The Balaban J connectivity index is 0.00000400. The van der Waals surface area contributed by atoms with E-state index in [0.717, 1.165) is 12.1 Å². The summed E-state index contributed by atoms with van der Waals surface area (Å²) < 4.78 is 10.6. The molecule has 1 rings (SSSR count). The molecule has 0 saturated heterocycles. The second-order valence-corrected chi connectivity index (χ2v) is 3.91. The van der Waals surface area contributed by atoms with Gasteiger partial charge < -0.3 is 20.1 Å². The van der Waals surface area contributed by atoms with Crippen molar-refractivity contribution in [3.63, 3.8) is 0 Å². The highest BCUT2D eigenvalue weighted by Crippen LogP contribution is 2.30. The van der Waals surface area contributed by atoms with Crippen molar-refractivity contribution in [3.05, 3.63) is 23.8 Å². The minimum atomic E-state index is 0. The molecule has 0 radical (unpaired) electrons. The molecule has 0 fully saturated rings. The Morgan fingerprint density at radius 1 is 1.29 bits per heavy atom. The first-order valence-electron chi connectivity index (χ1n) is 6.42. The van der Waals surface area contributed by atoms with Gasteiger partial charge in [-0.25, -0.2) is 4.99 Å². The lowest BCUT2D eigenvalue weighted by Gasteiger charge is -2.12. The van der Waals surface area contributed by atoms with Gasteiger partial charge in [0.2, 0.25) is 0 Å². The molecular weight excluding hydrogens is 381 g/mol. The number of para-hydroxylation sites is 1. The molecule has 0 amide bonds. The molecule has 0 aliphatic carbocycles. The van der Waals surface area contributed by atoms with E-state index in [0.29, 0.717) is 30.5 Å². The van der Waals surface area contributed by atoms with E-state index >= 15 is 0 Å². The number of hydrogen-bond acceptors (Lipinski definition) is 3. The molecule has 0 aliphatic rings. The summed E-state index contributed by atoms with van der Waals surface area (Å²) in [5, 5.41) is 6.16. The average molecular weight is 403 g/mol. The number of methoxy groups -OCH3 is 2. The van der Waals surface area contributed by atoms with E-state index in [1.807, 2.05) is 25.1 Å². The number of guanidine groups is 1. The summed E-state index contributed by atoms with van der Waals surface area (Å²) in [6, 6.07) is 5.72. The van der Waals surface area contributed by atoms with Crippen LogP contribution in [0.2, 0.25) is 0 Å². The van der Waals surface area contributed by atoms with Gasteiger partial charge in [-0.15, -0.1) is 30.4 Å². The molecule has 6 heteroatoms. The largest absolute Gasteiger partial charge is 0.493 e. The molecule has 0 saturated carbocycles. The van der Waals surface area contributed by atoms with Crippen LogP contribution < -0.4 is 20.1 Å². The van der Waals surface area contributed by atoms with Crippen molar-refractivity contribution in [1.82, 2.24) is 10.6 Å². The summed E-state index contributed by atoms with van der Waals surface area (Å²) in [4.78, 5) is 4.47. The number of rotatable bonds is 6. The average Bonchev–Trinajstić information content (AvgIpc) is 2.49. The second kappa shape index (κ2) is 11.1. The van der Waals surface area contributed by atoms with Crippen molar-refractivity contribution in [2.45, 2.75) is 13.5 Å². The Morgan fingerprint density at radius 3 is 2.62 bits per heavy atom. The van der Waals surface area contributed by atoms with Gasteiger partial charge in [0.05, 0.1) is 27.3 Å². The summed E-state index contributed by atoms with van der Waals surface area (Å²) in [5.41, 5.74) is 0.949. The lowest BCUT2D eigenvalue weighted by molar-refractivity contribution is 0.352. The van der Waals surface area contributed by atoms with Crippen molar-refractivity contribution in [1.29, 1.82) is 0 Å². The molecule has 1 aromatic rings. The number of terminal acetylenes is 1. The van der Waals surface area contributed by atoms with E-state index in [-0.39, 0.29) is 24.0 Å². The highest BCUT2D eigenvalue weighted by molar-refractivity contribution is 14.0. The predicted molar refractivity (Wildman–Crippen MR) is 96.6 cm³/mol. The standard InChI is InChI=1S/C15H21N3O2.HI/c1-5-10-17-15(16-6-2)18-11-12-8-7-9-13(19-3)14(12)20-4;/h1,7-9H,6,10-11H2,2-4H3,(H2,16,17,18);1H. The van der Waals surface area contributed by atoms with E-state index in [4.69, 9.17) is 15.9 Å². The van der Waals surface area contributed by atoms with E-state index in [1.165, 1.54) is 0 Å². The maximum atomic E-state index is 5.37. The SMILES string of the molecule is C#CCNC(=NCc1cccc(OC)c1OC)NCC.I. The zero-order valence-corrected chi connectivity index (χ0v) is 14.9. The fourth-order valence-electron chi connectivity index (χ4n) is 1.72. The molecule has 21 heavy (non-hydrogen) atoms. The highest BCUT2D eigenvalue weighted by Gasteiger charge is 2.08. The number of hydrogen-bond donors (Lipinski definition) is 2. The van der Waals surface area contributed by atoms with Crippen molar-refractivity contribution in [2.75, 3.05) is 27.3 Å². The van der Waals surface area contributed by atoms with Crippen molar-refractivity contribution >= 4 is 29.9 Å². The topological polar surface area (TPSA) is 54.9 Å². The molecule has 0 spiro atoms. The zero-order chi connectivity index (χ0) is 14.8. The van der Waals surface area contributed by atoms with Gasteiger partial charge in [-0.1, -0.05) is 18.1 Å². The lowest BCUT2D eigenvalue weighted by atomic mass is 10.2. The second-order valence-electron chi connectivity index (χ2n) is 3.91. The quantitative estimate of drug-likeness (QED) is 0.330. The van der Waals surface area contributed by atoms with Crippen molar-refractivity contribution in [2.24, 2.45) is 4.99 Å². The summed E-state index contributed by atoms with van der Waals surface area (Å²) in [6.45, 7) is 3.67. The monoisotopic (exact) mass is 403 g/mol. The Kier molecular flexibility index (Phi) is 10.2. The third kappa shape index (κ3) is 6.12. The zero-order valence-electron chi connectivity index (χ0n) is 12.6. The Hall–Kier alpha value is -1.62. The normalized spacial score (nSPS) is 10.1. The summed E-state index contributed by atoms with van der Waals surface area (Å²) in [5.74, 6) is 4.59. The fourth-order valence-corrected chi connectivity index (χ4v) is 1.72. The third-order valence-electron chi connectivity index (χ3n) is 2.59. The van der Waals surface area contributed by atoms with Crippen molar-refractivity contribution in [3.8, 4) is 23.8 Å². The van der Waals surface area contributed by atoms with Gasteiger partial charge in [0.1, 0.15) is 0 Å². The first kappa shape index (κ1) is 19.4. The Labute approximate surface area is 143 Å². The van der Waals surface area contributed by atoms with Crippen LogP contribution in [0.4, 0.5) is 0 Å². The number of benzene rings is 1. The molecule has 116 valence electrons. The van der Waals surface area contributed by atoms with Crippen LogP contribution in [0.5, 0.6) is 11.5 Å². The number of aliphatic imine (C=N–C) groups is 1. The molecule has 0 bridgehead atoms. The molecular formula is C15H22IN3O2. The third-order valence-corrected chi connectivity index (χ3v) is 2.59. The smallest absolute Gasteiger partial charge is 0.192 e. The first-order chi connectivity index (χ1) is 9.76. The summed E-state index contributed by atoms with van der Waals surface area (Å²) in [6.07, 6.45) is 5.23. The van der Waals surface area contributed by atoms with Gasteiger partial charge in [0, 0.05) is 12.1 Å².